The van der Waals surface area contributed by atoms with Crippen LogP contribution < -0.4 is 5.32 Å². The molecule has 218 valence electrons. The Hall–Kier alpha value is -0.640. The van der Waals surface area contributed by atoms with Crippen molar-refractivity contribution in [3.05, 3.63) is 0 Å². The summed E-state index contributed by atoms with van der Waals surface area (Å²) >= 11 is 6.09. The van der Waals surface area contributed by atoms with Gasteiger partial charge in [-0.2, -0.15) is 0 Å². The molecule has 4 heteroatoms. The van der Waals surface area contributed by atoms with Gasteiger partial charge >= 0.3 is 0 Å². The number of carbonyl (C=O) groups is 1. The molecule has 0 spiro atoms. The smallest absolute Gasteiger partial charge is 0.220 e. The van der Waals surface area contributed by atoms with E-state index in [1.165, 1.54) is 108 Å². The Kier molecular flexibility index (Phi) is 10.7. The van der Waals surface area contributed by atoms with E-state index < -0.39 is 0 Å². The van der Waals surface area contributed by atoms with Crippen molar-refractivity contribution in [3.8, 4) is 0 Å². The van der Waals surface area contributed by atoms with Crippen molar-refractivity contribution in [2.45, 2.75) is 162 Å². The zero-order valence-corrected chi connectivity index (χ0v) is 26.5. The average Bonchev–Trinajstić information content (AvgIpc) is 3.22. The van der Waals surface area contributed by atoms with Gasteiger partial charge in [-0.3, -0.25) is 4.79 Å². The first kappa shape index (κ1) is 30.3. The van der Waals surface area contributed by atoms with Crippen molar-refractivity contribution in [1.29, 1.82) is 0 Å². The van der Waals surface area contributed by atoms with Crippen LogP contribution in [0.25, 0.3) is 0 Å². The number of carbonyl (C=O) groups excluding carboxylic acids is 1. The van der Waals surface area contributed by atoms with E-state index in [0.29, 0.717) is 28.8 Å². The molecule has 4 aliphatic rings. The number of nitrogens with one attached hydrogen (secondary N) is 1. The standard InChI is InChI=1S/C34H60N2OS/c1-6-7-8-9-10-11-12-13-14-15-32(38)36(25(2)3)24-26-16-18-28-27-17-19-30-34(5,23-21-31(37)35-30)29(27)20-22-33(26,28)4/h25-30H,6-24H2,1-5H3,(H,35,37)/t26?,27-,28-,29+,30?,33+,34+/m0/s1. The lowest BCUT2D eigenvalue weighted by Crippen LogP contribution is -2.61. The molecule has 1 amide bonds. The molecule has 38 heavy (non-hydrogen) atoms. The van der Waals surface area contributed by atoms with Crippen molar-refractivity contribution in [2.24, 2.45) is 34.5 Å². The predicted octanol–water partition coefficient (Wildman–Crippen LogP) is 9.08. The molecule has 4 rings (SSSR count). The van der Waals surface area contributed by atoms with E-state index in [1.807, 2.05) is 0 Å². The van der Waals surface area contributed by atoms with Crippen molar-refractivity contribution in [2.75, 3.05) is 6.54 Å². The van der Waals surface area contributed by atoms with E-state index in [9.17, 15) is 4.79 Å². The summed E-state index contributed by atoms with van der Waals surface area (Å²) in [5.41, 5.74) is 0.778. The van der Waals surface area contributed by atoms with Gasteiger partial charge in [0.2, 0.25) is 5.91 Å². The molecule has 0 aromatic rings. The van der Waals surface area contributed by atoms with Crippen molar-refractivity contribution < 1.29 is 4.79 Å². The van der Waals surface area contributed by atoms with Crippen LogP contribution in [-0.4, -0.2) is 34.4 Å². The third-order valence-electron chi connectivity index (χ3n) is 12.1. The Bertz CT molecular complexity index is 797. The fourth-order valence-corrected chi connectivity index (χ4v) is 10.1. The molecule has 3 nitrogen and oxygen atoms in total. The normalized spacial score (nSPS) is 36.4. The molecule has 1 aliphatic heterocycles. The molecule has 0 aromatic heterocycles. The number of unbranched alkanes of at least 4 members (excludes halogenated alkanes) is 8. The van der Waals surface area contributed by atoms with Crippen LogP contribution in [0.4, 0.5) is 0 Å². The van der Waals surface area contributed by atoms with E-state index in [-0.39, 0.29) is 0 Å². The van der Waals surface area contributed by atoms with Gasteiger partial charge in [0.1, 0.15) is 0 Å². The Morgan fingerprint density at radius 2 is 1.55 bits per heavy atom. The molecule has 1 saturated heterocycles. The summed E-state index contributed by atoms with van der Waals surface area (Å²) in [6.07, 6.45) is 23.4. The van der Waals surface area contributed by atoms with E-state index in [0.717, 1.165) is 42.9 Å². The molecule has 0 radical (unpaired) electrons. The Balaban J connectivity index is 1.29. The molecule has 1 N–H and O–H groups in total. The quantitative estimate of drug-likeness (QED) is 0.185. The second-order valence-electron chi connectivity index (χ2n) is 14.6. The third kappa shape index (κ3) is 6.46. The number of nitrogens with zero attached hydrogens (tertiary/aromatic N) is 1. The molecule has 1 heterocycles. The number of hydrogen-bond donors (Lipinski definition) is 1. The van der Waals surface area contributed by atoms with Crippen LogP contribution in [0.1, 0.15) is 150 Å². The highest BCUT2D eigenvalue weighted by atomic mass is 32.1. The van der Waals surface area contributed by atoms with Gasteiger partial charge in [-0.05, 0) is 106 Å². The largest absolute Gasteiger partial charge is 0.363 e. The highest BCUT2D eigenvalue weighted by Gasteiger charge is 2.60. The molecule has 3 saturated carbocycles. The van der Waals surface area contributed by atoms with Crippen molar-refractivity contribution in [1.82, 2.24) is 10.2 Å². The van der Waals surface area contributed by atoms with E-state index >= 15 is 0 Å². The lowest BCUT2D eigenvalue weighted by atomic mass is 9.47. The molecule has 0 bridgehead atoms. The van der Waals surface area contributed by atoms with Crippen LogP contribution in [0, 0.1) is 34.5 Å². The lowest BCUT2D eigenvalue weighted by molar-refractivity contribution is -0.136. The highest BCUT2D eigenvalue weighted by molar-refractivity contribution is 7.80. The molecule has 7 atom stereocenters. The lowest BCUT2D eigenvalue weighted by Gasteiger charge is -2.60. The first-order valence-corrected chi connectivity index (χ1v) is 17.2. The van der Waals surface area contributed by atoms with Crippen LogP contribution in [0.2, 0.25) is 0 Å². The van der Waals surface area contributed by atoms with Gasteiger partial charge < -0.3 is 10.2 Å². The molecular formula is C34H60N2OS. The summed E-state index contributed by atoms with van der Waals surface area (Å²) in [5.74, 6) is 3.58. The van der Waals surface area contributed by atoms with Gasteiger partial charge in [0.25, 0.3) is 0 Å². The van der Waals surface area contributed by atoms with E-state index in [1.54, 1.807) is 0 Å². The number of fused-ring (bicyclic) bond motifs is 5. The number of hydrogen-bond acceptors (Lipinski definition) is 2. The van der Waals surface area contributed by atoms with Crippen molar-refractivity contribution >= 4 is 23.1 Å². The van der Waals surface area contributed by atoms with Crippen LogP contribution >= 0.6 is 12.2 Å². The van der Waals surface area contributed by atoms with Gasteiger partial charge in [0, 0.05) is 25.0 Å². The van der Waals surface area contributed by atoms with Crippen LogP contribution in [0.3, 0.4) is 0 Å². The molecule has 2 unspecified atom stereocenters. The topological polar surface area (TPSA) is 32.3 Å². The van der Waals surface area contributed by atoms with Crippen LogP contribution in [-0.2, 0) is 4.79 Å². The van der Waals surface area contributed by atoms with E-state index in [2.05, 4.69) is 44.8 Å². The zero-order valence-electron chi connectivity index (χ0n) is 25.7. The first-order valence-electron chi connectivity index (χ1n) is 16.8. The van der Waals surface area contributed by atoms with Crippen LogP contribution in [0.15, 0.2) is 0 Å². The predicted molar refractivity (Wildman–Crippen MR) is 165 cm³/mol. The van der Waals surface area contributed by atoms with Gasteiger partial charge in [0.05, 0.1) is 4.99 Å². The van der Waals surface area contributed by atoms with Crippen molar-refractivity contribution in [3.63, 3.8) is 0 Å². The Labute approximate surface area is 241 Å². The summed E-state index contributed by atoms with van der Waals surface area (Å²) in [6, 6.07) is 0.918. The first-order chi connectivity index (χ1) is 18.2. The summed E-state index contributed by atoms with van der Waals surface area (Å²) in [7, 11) is 0. The second-order valence-corrected chi connectivity index (χ2v) is 15.1. The molecule has 4 fully saturated rings. The fraction of sp³-hybridized carbons (Fsp3) is 0.941. The summed E-state index contributed by atoms with van der Waals surface area (Å²) in [6.45, 7) is 13.4. The Morgan fingerprint density at radius 3 is 2.24 bits per heavy atom. The minimum Gasteiger partial charge on any atom is -0.363 e. The maximum Gasteiger partial charge on any atom is 0.220 e. The SMILES string of the molecule is CCCCCCCCCCCC(=S)N(CC1CC[C@H]2[C@@H]3CCC4NC(=O)CC[C@]4(C)[C@@H]3CC[C@]12C)C(C)C. The second kappa shape index (κ2) is 13.3. The highest BCUT2D eigenvalue weighted by Crippen LogP contribution is 2.65. The number of amides is 1. The minimum absolute atomic E-state index is 0.291. The minimum atomic E-state index is 0.291. The molecular weight excluding hydrogens is 484 g/mol. The average molecular weight is 545 g/mol. The monoisotopic (exact) mass is 544 g/mol. The molecule has 0 aromatic carbocycles. The third-order valence-corrected chi connectivity index (χ3v) is 12.6. The van der Waals surface area contributed by atoms with E-state index in [4.69, 9.17) is 12.2 Å². The fourth-order valence-electron chi connectivity index (χ4n) is 9.68. The summed E-state index contributed by atoms with van der Waals surface area (Å²) < 4.78 is 0. The number of thiocarbonyl (C=S) groups is 1. The maximum atomic E-state index is 12.1. The maximum absolute atomic E-state index is 12.1. The molecule has 3 aliphatic carbocycles. The van der Waals surface area contributed by atoms with Gasteiger partial charge in [0.15, 0.2) is 0 Å². The summed E-state index contributed by atoms with van der Waals surface area (Å²) in [5, 5.41) is 3.40. The zero-order chi connectivity index (χ0) is 27.3. The Morgan fingerprint density at radius 1 is 0.895 bits per heavy atom. The van der Waals surface area contributed by atoms with Gasteiger partial charge in [-0.1, -0.05) is 84.4 Å². The number of rotatable bonds is 13. The summed E-state index contributed by atoms with van der Waals surface area (Å²) in [4.78, 5) is 16.0. The number of piperidine rings is 1. The van der Waals surface area contributed by atoms with Gasteiger partial charge in [-0.15, -0.1) is 0 Å². The van der Waals surface area contributed by atoms with Crippen LogP contribution in [0.5, 0.6) is 0 Å². The van der Waals surface area contributed by atoms with Gasteiger partial charge in [-0.25, -0.2) is 0 Å².